The Kier molecular flexibility index (Phi) is 6.82. The smallest absolute Gasteiger partial charge is 0.363 e. The zero-order valence-corrected chi connectivity index (χ0v) is 18.4. The number of benzene rings is 2. The van der Waals surface area contributed by atoms with Crippen LogP contribution in [-0.2, 0) is 19.3 Å². The van der Waals surface area contributed by atoms with Gasteiger partial charge in [0.15, 0.2) is 0 Å². The molecule has 0 saturated carbocycles. The fraction of sp³-hybridized carbons (Fsp3) is 0.292. The van der Waals surface area contributed by atoms with E-state index in [2.05, 4.69) is 14.9 Å². The lowest BCUT2D eigenvalue weighted by molar-refractivity contribution is -0.138. The van der Waals surface area contributed by atoms with Gasteiger partial charge in [-0.15, -0.1) is 0 Å². The molecule has 2 aromatic carbocycles. The second-order valence-electron chi connectivity index (χ2n) is 7.93. The molecule has 0 amide bonds. The van der Waals surface area contributed by atoms with Crippen LogP contribution < -0.4 is 4.90 Å². The molecule has 1 aromatic heterocycles. The molecule has 1 aliphatic rings. The van der Waals surface area contributed by atoms with E-state index in [0.29, 0.717) is 24.3 Å². The van der Waals surface area contributed by atoms with Crippen LogP contribution in [0.3, 0.4) is 0 Å². The third-order valence-electron chi connectivity index (χ3n) is 5.76. The molecular formula is C24H21ClF3N5. The van der Waals surface area contributed by atoms with Crippen molar-refractivity contribution in [3.63, 3.8) is 0 Å². The molecule has 33 heavy (non-hydrogen) atoms. The zero-order chi connectivity index (χ0) is 23.4. The predicted molar refractivity (Wildman–Crippen MR) is 120 cm³/mol. The number of alkyl halides is 3. The Morgan fingerprint density at radius 1 is 1.18 bits per heavy atom. The van der Waals surface area contributed by atoms with Gasteiger partial charge in [0.05, 0.1) is 21.8 Å². The van der Waals surface area contributed by atoms with Crippen LogP contribution in [0, 0.1) is 11.3 Å². The molecule has 1 aliphatic heterocycles. The largest absolute Gasteiger partial charge is 0.416 e. The fourth-order valence-corrected chi connectivity index (χ4v) is 4.39. The second kappa shape index (κ2) is 9.77. The van der Waals surface area contributed by atoms with E-state index in [0.717, 1.165) is 24.7 Å². The molecule has 1 saturated heterocycles. The third-order valence-corrected chi connectivity index (χ3v) is 6.07. The molecule has 4 rings (SSSR count). The molecule has 1 fully saturated rings. The number of halogens is 4. The molecule has 0 spiro atoms. The maximum absolute atomic E-state index is 13.6. The van der Waals surface area contributed by atoms with Crippen LogP contribution in [-0.4, -0.2) is 34.0 Å². The first-order chi connectivity index (χ1) is 15.8. The van der Waals surface area contributed by atoms with Crippen LogP contribution in [0.2, 0.25) is 5.02 Å². The van der Waals surface area contributed by atoms with Gasteiger partial charge in [-0.3, -0.25) is 14.9 Å². The third kappa shape index (κ3) is 5.44. The number of anilines is 1. The number of hydrogen-bond acceptors (Lipinski definition) is 5. The number of nitriles is 1. The molecule has 1 atom stereocenters. The Morgan fingerprint density at radius 2 is 2.00 bits per heavy atom. The van der Waals surface area contributed by atoms with Crippen molar-refractivity contribution in [3.8, 4) is 6.07 Å². The lowest BCUT2D eigenvalue weighted by Crippen LogP contribution is -2.37. The molecule has 5 nitrogen and oxygen atoms in total. The lowest BCUT2D eigenvalue weighted by Gasteiger charge is -2.32. The molecule has 0 N–H and O–H groups in total. The van der Waals surface area contributed by atoms with E-state index >= 15 is 0 Å². The number of hydrogen-bond donors (Lipinski definition) is 0. The highest BCUT2D eigenvalue weighted by atomic mass is 35.5. The molecule has 0 radical (unpaired) electrons. The molecule has 9 heteroatoms. The van der Waals surface area contributed by atoms with Crippen molar-refractivity contribution in [1.82, 2.24) is 14.9 Å². The summed E-state index contributed by atoms with van der Waals surface area (Å²) in [6.45, 7) is 2.12. The van der Waals surface area contributed by atoms with Crippen molar-refractivity contribution < 1.29 is 13.2 Å². The Bertz CT molecular complexity index is 1150. The van der Waals surface area contributed by atoms with E-state index in [9.17, 15) is 18.4 Å². The van der Waals surface area contributed by atoms with E-state index in [-0.39, 0.29) is 23.2 Å². The number of likely N-dealkylation sites (tertiary alicyclic amines) is 1. The van der Waals surface area contributed by atoms with Crippen molar-refractivity contribution >= 4 is 17.3 Å². The highest BCUT2D eigenvalue weighted by molar-refractivity contribution is 6.32. The topological polar surface area (TPSA) is 56.1 Å². The molecule has 2 heterocycles. The molecule has 3 aromatic rings. The minimum Gasteiger partial charge on any atom is -0.363 e. The van der Waals surface area contributed by atoms with Crippen molar-refractivity contribution in [2.75, 3.05) is 18.0 Å². The summed E-state index contributed by atoms with van der Waals surface area (Å²) in [6.07, 6.45) is 1.29. The highest BCUT2D eigenvalue weighted by Gasteiger charge is 2.35. The monoisotopic (exact) mass is 471 g/mol. The average molecular weight is 472 g/mol. The minimum absolute atomic E-state index is 0.0352. The van der Waals surface area contributed by atoms with E-state index in [4.69, 9.17) is 11.6 Å². The van der Waals surface area contributed by atoms with Crippen LogP contribution >= 0.6 is 11.6 Å². The van der Waals surface area contributed by atoms with Crippen molar-refractivity contribution in [2.24, 2.45) is 0 Å². The standard InChI is InChI=1S/C24H21ClF3N5/c25-23-11-20(6-5-17(23)12-29)33(14-18-3-1-2-4-22(18)24(26,27)28)21-7-10-32(16-21)15-19-13-30-8-9-31-19/h1-6,8-9,11,13,21H,7,10,14-16H2/t21-/m0/s1. The first-order valence-corrected chi connectivity index (χ1v) is 10.8. The van der Waals surface area contributed by atoms with Gasteiger partial charge in [0, 0.05) is 56.5 Å². The van der Waals surface area contributed by atoms with E-state index in [1.54, 1.807) is 42.9 Å². The summed E-state index contributed by atoms with van der Waals surface area (Å²) >= 11 is 6.27. The predicted octanol–water partition coefficient (Wildman–Crippen LogP) is 5.30. The first-order valence-electron chi connectivity index (χ1n) is 10.4. The molecule has 0 aliphatic carbocycles. The summed E-state index contributed by atoms with van der Waals surface area (Å²) in [7, 11) is 0. The van der Waals surface area contributed by atoms with Gasteiger partial charge >= 0.3 is 6.18 Å². The molecule has 170 valence electrons. The second-order valence-corrected chi connectivity index (χ2v) is 8.34. The van der Waals surface area contributed by atoms with Gasteiger partial charge in [0.1, 0.15) is 6.07 Å². The number of nitrogens with zero attached hydrogens (tertiary/aromatic N) is 5. The summed E-state index contributed by atoms with van der Waals surface area (Å²) < 4.78 is 40.9. The number of rotatable bonds is 6. The van der Waals surface area contributed by atoms with Crippen LogP contribution in [0.1, 0.15) is 28.8 Å². The Hall–Kier alpha value is -3.15. The highest BCUT2D eigenvalue weighted by Crippen LogP contribution is 2.35. The minimum atomic E-state index is -4.45. The Balaban J connectivity index is 1.63. The van der Waals surface area contributed by atoms with Gasteiger partial charge in [-0.1, -0.05) is 29.8 Å². The van der Waals surface area contributed by atoms with Crippen LogP contribution in [0.5, 0.6) is 0 Å². The van der Waals surface area contributed by atoms with E-state index in [1.807, 2.05) is 11.0 Å². The van der Waals surface area contributed by atoms with E-state index in [1.165, 1.54) is 12.1 Å². The Labute approximate surface area is 195 Å². The molecule has 0 unspecified atom stereocenters. The van der Waals surface area contributed by atoms with Gasteiger partial charge in [0.25, 0.3) is 0 Å². The maximum atomic E-state index is 13.6. The van der Waals surface area contributed by atoms with Gasteiger partial charge in [0.2, 0.25) is 0 Å². The van der Waals surface area contributed by atoms with Crippen molar-refractivity contribution in [3.05, 3.63) is 88.5 Å². The molecule has 0 bridgehead atoms. The average Bonchev–Trinajstić information content (AvgIpc) is 3.25. The normalized spacial score (nSPS) is 16.5. The van der Waals surface area contributed by atoms with Crippen molar-refractivity contribution in [1.29, 1.82) is 5.26 Å². The first kappa shape index (κ1) is 23.0. The van der Waals surface area contributed by atoms with Gasteiger partial charge < -0.3 is 4.90 Å². The summed E-state index contributed by atoms with van der Waals surface area (Å²) in [5.74, 6) is 0. The Morgan fingerprint density at radius 3 is 2.70 bits per heavy atom. The number of aromatic nitrogens is 2. The van der Waals surface area contributed by atoms with Gasteiger partial charge in [-0.05, 0) is 36.2 Å². The fourth-order valence-electron chi connectivity index (χ4n) is 4.17. The van der Waals surface area contributed by atoms with E-state index < -0.39 is 11.7 Å². The zero-order valence-electron chi connectivity index (χ0n) is 17.6. The quantitative estimate of drug-likeness (QED) is 0.488. The van der Waals surface area contributed by atoms with Gasteiger partial charge in [-0.2, -0.15) is 18.4 Å². The van der Waals surface area contributed by atoms with Crippen LogP contribution in [0.4, 0.5) is 18.9 Å². The maximum Gasteiger partial charge on any atom is 0.416 e. The van der Waals surface area contributed by atoms with Gasteiger partial charge in [-0.25, -0.2) is 0 Å². The molecular weight excluding hydrogens is 451 g/mol. The summed E-state index contributed by atoms with van der Waals surface area (Å²) in [4.78, 5) is 12.6. The summed E-state index contributed by atoms with van der Waals surface area (Å²) in [5, 5.41) is 9.48. The SMILES string of the molecule is N#Cc1ccc(N(Cc2ccccc2C(F)(F)F)[C@H]2CCN(Cc3cnccn3)C2)cc1Cl. The lowest BCUT2D eigenvalue weighted by atomic mass is 10.0. The van der Waals surface area contributed by atoms with Crippen LogP contribution in [0.15, 0.2) is 61.1 Å². The van der Waals surface area contributed by atoms with Crippen molar-refractivity contribution in [2.45, 2.75) is 31.7 Å². The summed E-state index contributed by atoms with van der Waals surface area (Å²) in [5.41, 5.74) is 1.39. The van der Waals surface area contributed by atoms with Crippen LogP contribution in [0.25, 0.3) is 0 Å². The summed E-state index contributed by atoms with van der Waals surface area (Å²) in [6, 6.07) is 12.6.